The van der Waals surface area contributed by atoms with Crippen LogP contribution in [0.15, 0.2) is 30.6 Å². The minimum absolute atomic E-state index is 0.152. The van der Waals surface area contributed by atoms with E-state index in [0.717, 1.165) is 10.9 Å². The summed E-state index contributed by atoms with van der Waals surface area (Å²) in [5, 5.41) is 4.79. The number of nitrogen functional groups attached to an aromatic ring is 1. The number of fused-ring (bicyclic) bond motifs is 1. The molecule has 2 aromatic heterocycles. The van der Waals surface area contributed by atoms with Gasteiger partial charge in [-0.15, -0.1) is 5.10 Å². The van der Waals surface area contributed by atoms with Gasteiger partial charge in [0.15, 0.2) is 0 Å². The van der Waals surface area contributed by atoms with Crippen molar-refractivity contribution in [3.05, 3.63) is 30.6 Å². The highest BCUT2D eigenvalue weighted by atomic mass is 16.5. The normalized spacial score (nSPS) is 10.7. The fraction of sp³-hybridized carbons (Fsp3) is 0.0909. The number of hydrogen-bond acceptors (Lipinski definition) is 6. The Morgan fingerprint density at radius 2 is 2.06 bits per heavy atom. The molecule has 1 aromatic carbocycles. The van der Waals surface area contributed by atoms with Crippen LogP contribution in [0.3, 0.4) is 0 Å². The molecule has 0 aliphatic rings. The number of nitrogens with zero attached hydrogens (tertiary/aromatic N) is 5. The summed E-state index contributed by atoms with van der Waals surface area (Å²) in [6, 6.07) is 7.66. The molecule has 0 unspecified atom stereocenters. The van der Waals surface area contributed by atoms with E-state index in [0.29, 0.717) is 5.88 Å². The minimum Gasteiger partial charge on any atom is -0.403 e. The summed E-state index contributed by atoms with van der Waals surface area (Å²) in [5.74, 6) is 0.504. The van der Waals surface area contributed by atoms with E-state index < -0.39 is 0 Å². The molecule has 2 N–H and O–H groups in total. The first kappa shape index (κ1) is 10.5. The maximum absolute atomic E-state index is 5.64. The topological polar surface area (TPSA) is 91.7 Å². The Balaban J connectivity index is 2.10. The van der Waals surface area contributed by atoms with Crippen molar-refractivity contribution in [2.24, 2.45) is 7.05 Å². The fourth-order valence-electron chi connectivity index (χ4n) is 1.60. The number of nitrogens with two attached hydrogens (primary N) is 1. The Labute approximate surface area is 102 Å². The van der Waals surface area contributed by atoms with E-state index in [1.165, 1.54) is 0 Å². The van der Waals surface area contributed by atoms with Gasteiger partial charge in [-0.2, -0.15) is 9.97 Å². The molecule has 3 aromatic rings. The van der Waals surface area contributed by atoms with Gasteiger partial charge in [-0.05, 0) is 12.1 Å². The molecule has 0 spiro atoms. The Hall–Kier alpha value is -2.70. The second kappa shape index (κ2) is 3.95. The van der Waals surface area contributed by atoms with Crippen LogP contribution in [0.4, 0.5) is 5.95 Å². The lowest BCUT2D eigenvalue weighted by molar-refractivity contribution is 0.428. The van der Waals surface area contributed by atoms with Crippen LogP contribution in [0.1, 0.15) is 0 Å². The van der Waals surface area contributed by atoms with E-state index in [4.69, 9.17) is 10.5 Å². The molecular formula is C11H10N6O. The zero-order valence-electron chi connectivity index (χ0n) is 9.61. The molecule has 7 nitrogen and oxygen atoms in total. The van der Waals surface area contributed by atoms with Crippen LogP contribution >= 0.6 is 0 Å². The second-order valence-electron chi connectivity index (χ2n) is 3.71. The van der Waals surface area contributed by atoms with Gasteiger partial charge in [0.1, 0.15) is 6.33 Å². The summed E-state index contributed by atoms with van der Waals surface area (Å²) < 4.78 is 7.06. The Morgan fingerprint density at radius 1 is 1.22 bits per heavy atom. The predicted molar refractivity (Wildman–Crippen MR) is 65.0 cm³/mol. The summed E-state index contributed by atoms with van der Waals surface area (Å²) in [5.41, 5.74) is 6.35. The number of rotatable bonds is 2. The monoisotopic (exact) mass is 242 g/mol. The zero-order chi connectivity index (χ0) is 12.5. The number of aryl methyl sites for hydroxylation is 1. The lowest BCUT2D eigenvalue weighted by Gasteiger charge is -2.04. The van der Waals surface area contributed by atoms with Crippen LogP contribution in [0, 0.1) is 0 Å². The molecule has 0 atom stereocenters. The third kappa shape index (κ3) is 1.81. The van der Waals surface area contributed by atoms with Crippen molar-refractivity contribution in [1.29, 1.82) is 0 Å². The number of benzene rings is 1. The van der Waals surface area contributed by atoms with Gasteiger partial charge < -0.3 is 10.5 Å². The summed E-state index contributed by atoms with van der Waals surface area (Å²) in [4.78, 5) is 12.2. The second-order valence-corrected chi connectivity index (χ2v) is 3.71. The van der Waals surface area contributed by atoms with Gasteiger partial charge in [-0.1, -0.05) is 12.1 Å². The highest BCUT2D eigenvalue weighted by Gasteiger charge is 2.10. The Bertz CT molecular complexity index is 708. The molecule has 90 valence electrons. The average Bonchev–Trinajstić information content (AvgIpc) is 2.74. The smallest absolute Gasteiger partial charge is 0.342 e. The van der Waals surface area contributed by atoms with Crippen LogP contribution < -0.4 is 10.5 Å². The molecule has 0 saturated carbocycles. The van der Waals surface area contributed by atoms with E-state index in [1.54, 1.807) is 18.1 Å². The SMILES string of the molecule is Cn1cnc(Oc2nc(N)nc3ccccc23)n1. The number of hydrogen-bond donors (Lipinski definition) is 1. The quantitative estimate of drug-likeness (QED) is 0.724. The maximum atomic E-state index is 5.64. The molecule has 0 amide bonds. The molecule has 0 fully saturated rings. The first-order valence-electron chi connectivity index (χ1n) is 5.28. The third-order valence-electron chi connectivity index (χ3n) is 2.35. The van der Waals surface area contributed by atoms with Crippen LogP contribution in [0.5, 0.6) is 11.9 Å². The summed E-state index contributed by atoms with van der Waals surface area (Å²) >= 11 is 0. The average molecular weight is 242 g/mol. The van der Waals surface area contributed by atoms with Crippen LogP contribution in [0.25, 0.3) is 10.9 Å². The van der Waals surface area contributed by atoms with Gasteiger partial charge in [0, 0.05) is 7.05 Å². The van der Waals surface area contributed by atoms with Gasteiger partial charge in [-0.25, -0.2) is 4.98 Å². The van der Waals surface area contributed by atoms with Crippen molar-refractivity contribution in [1.82, 2.24) is 24.7 Å². The number of ether oxygens (including phenoxy) is 1. The third-order valence-corrected chi connectivity index (χ3v) is 2.35. The highest BCUT2D eigenvalue weighted by molar-refractivity contribution is 5.84. The first-order valence-corrected chi connectivity index (χ1v) is 5.28. The lowest BCUT2D eigenvalue weighted by Crippen LogP contribution is -1.99. The van der Waals surface area contributed by atoms with E-state index in [1.807, 2.05) is 24.3 Å². The largest absolute Gasteiger partial charge is 0.403 e. The fourth-order valence-corrected chi connectivity index (χ4v) is 1.60. The molecule has 0 aliphatic carbocycles. The van der Waals surface area contributed by atoms with Crippen LogP contribution in [-0.2, 0) is 7.05 Å². The molecule has 0 aliphatic heterocycles. The summed E-state index contributed by atoms with van der Waals surface area (Å²) in [7, 11) is 1.76. The standard InChI is InChI=1S/C11H10N6O/c1-17-6-13-11(16-17)18-9-7-4-2-3-5-8(7)14-10(12)15-9/h2-6H,1H3,(H2,12,14,15). The van der Waals surface area contributed by atoms with Crippen molar-refractivity contribution in [2.45, 2.75) is 0 Å². The molecule has 0 bridgehead atoms. The molecule has 7 heteroatoms. The highest BCUT2D eigenvalue weighted by Crippen LogP contribution is 2.25. The predicted octanol–water partition coefficient (Wildman–Crippen LogP) is 1.13. The number of para-hydroxylation sites is 1. The number of aromatic nitrogens is 5. The number of anilines is 1. The van der Waals surface area contributed by atoms with Gasteiger partial charge in [0.25, 0.3) is 0 Å². The zero-order valence-corrected chi connectivity index (χ0v) is 9.61. The van der Waals surface area contributed by atoms with Crippen LogP contribution in [0.2, 0.25) is 0 Å². The summed E-state index contributed by atoms with van der Waals surface area (Å²) in [6.45, 7) is 0. The summed E-state index contributed by atoms with van der Waals surface area (Å²) in [6.07, 6.45) is 1.54. The van der Waals surface area contributed by atoms with E-state index >= 15 is 0 Å². The maximum Gasteiger partial charge on any atom is 0.342 e. The van der Waals surface area contributed by atoms with Crippen molar-refractivity contribution in [2.75, 3.05) is 5.73 Å². The van der Waals surface area contributed by atoms with Crippen LogP contribution in [-0.4, -0.2) is 24.7 Å². The van der Waals surface area contributed by atoms with E-state index in [9.17, 15) is 0 Å². The molecule has 0 radical (unpaired) electrons. The van der Waals surface area contributed by atoms with Gasteiger partial charge >= 0.3 is 6.01 Å². The van der Waals surface area contributed by atoms with Crippen molar-refractivity contribution >= 4 is 16.9 Å². The molecule has 18 heavy (non-hydrogen) atoms. The van der Waals surface area contributed by atoms with Gasteiger partial charge in [0.05, 0.1) is 10.9 Å². The van der Waals surface area contributed by atoms with Gasteiger partial charge in [0.2, 0.25) is 11.8 Å². The minimum atomic E-state index is 0.152. The van der Waals surface area contributed by atoms with Crippen molar-refractivity contribution in [3.8, 4) is 11.9 Å². The van der Waals surface area contributed by atoms with E-state index in [2.05, 4.69) is 20.1 Å². The molecule has 3 rings (SSSR count). The lowest BCUT2D eigenvalue weighted by atomic mass is 10.2. The molecule has 0 saturated heterocycles. The van der Waals surface area contributed by atoms with Gasteiger partial charge in [-0.3, -0.25) is 4.68 Å². The van der Waals surface area contributed by atoms with E-state index in [-0.39, 0.29) is 12.0 Å². The Kier molecular flexibility index (Phi) is 2.30. The van der Waals surface area contributed by atoms with Crippen molar-refractivity contribution in [3.63, 3.8) is 0 Å². The molecular weight excluding hydrogens is 232 g/mol. The van der Waals surface area contributed by atoms with Crippen molar-refractivity contribution < 1.29 is 4.74 Å². The molecule has 2 heterocycles. The first-order chi connectivity index (χ1) is 8.72. The Morgan fingerprint density at radius 3 is 2.83 bits per heavy atom.